The molecule has 0 fully saturated rings. The molecule has 0 aliphatic carbocycles. The van der Waals surface area contributed by atoms with Gasteiger partial charge in [0.25, 0.3) is 5.69 Å². The van der Waals surface area contributed by atoms with E-state index in [2.05, 4.69) is 5.32 Å². The summed E-state index contributed by atoms with van der Waals surface area (Å²) < 4.78 is 0. The Kier molecular flexibility index (Phi) is 10.3. The number of thioether (sulfide) groups is 1. The number of halogens is 2. The maximum atomic E-state index is 13.1. The second-order valence-electron chi connectivity index (χ2n) is 7.01. The zero-order chi connectivity index (χ0) is 23.7. The fourth-order valence-corrected chi connectivity index (χ4v) is 4.29. The molecule has 0 heterocycles. The second kappa shape index (κ2) is 12.7. The van der Waals surface area contributed by atoms with E-state index < -0.39 is 11.0 Å². The SMILES string of the molecule is CCNC(=O)[C@@H](CC)N(Cc1ccc(Cl)c(Cl)c1)C(=O)CSCc1ccc([N+](=O)[O-])cc1. The predicted octanol–water partition coefficient (Wildman–Crippen LogP) is 5.08. The second-order valence-corrected chi connectivity index (χ2v) is 8.81. The van der Waals surface area contributed by atoms with Gasteiger partial charge >= 0.3 is 0 Å². The third kappa shape index (κ3) is 7.39. The first-order chi connectivity index (χ1) is 15.3. The van der Waals surface area contributed by atoms with E-state index in [0.717, 1.165) is 11.1 Å². The monoisotopic (exact) mass is 497 g/mol. The lowest BCUT2D eigenvalue weighted by Crippen LogP contribution is -2.49. The van der Waals surface area contributed by atoms with Gasteiger partial charge in [0.05, 0.1) is 20.7 Å². The van der Waals surface area contributed by atoms with Crippen LogP contribution in [-0.4, -0.2) is 40.0 Å². The minimum absolute atomic E-state index is 0.0235. The van der Waals surface area contributed by atoms with Gasteiger partial charge in [-0.2, -0.15) is 0 Å². The van der Waals surface area contributed by atoms with Crippen LogP contribution >= 0.6 is 35.0 Å². The number of nitro benzene ring substituents is 1. The number of hydrogen-bond donors (Lipinski definition) is 1. The molecule has 7 nitrogen and oxygen atoms in total. The number of amides is 2. The van der Waals surface area contributed by atoms with Crippen LogP contribution in [0.1, 0.15) is 31.4 Å². The number of carbonyl (C=O) groups is 2. The van der Waals surface area contributed by atoms with Crippen molar-refractivity contribution in [1.82, 2.24) is 10.2 Å². The standard InChI is InChI=1S/C22H25Cl2N3O4S/c1-3-20(22(29)25-4-2)26(12-16-7-10-18(23)19(24)11-16)21(28)14-32-13-15-5-8-17(9-6-15)27(30)31/h5-11,20H,3-4,12-14H2,1-2H3,(H,25,29)/t20-/m1/s1. The summed E-state index contributed by atoms with van der Waals surface area (Å²) in [7, 11) is 0. The number of likely N-dealkylation sites (N-methyl/N-ethyl adjacent to an activating group) is 1. The highest BCUT2D eigenvalue weighted by molar-refractivity contribution is 7.99. The summed E-state index contributed by atoms with van der Waals surface area (Å²) in [5.41, 5.74) is 1.67. The van der Waals surface area contributed by atoms with Gasteiger partial charge in [0.1, 0.15) is 6.04 Å². The molecular weight excluding hydrogens is 473 g/mol. The van der Waals surface area contributed by atoms with Gasteiger partial charge in [0.2, 0.25) is 11.8 Å². The van der Waals surface area contributed by atoms with E-state index in [4.69, 9.17) is 23.2 Å². The fourth-order valence-electron chi connectivity index (χ4n) is 3.10. The predicted molar refractivity (Wildman–Crippen MR) is 129 cm³/mol. The van der Waals surface area contributed by atoms with Crippen LogP contribution in [0.15, 0.2) is 42.5 Å². The third-order valence-electron chi connectivity index (χ3n) is 4.72. The zero-order valence-electron chi connectivity index (χ0n) is 17.8. The lowest BCUT2D eigenvalue weighted by molar-refractivity contribution is -0.384. The number of benzene rings is 2. The molecule has 1 atom stereocenters. The Morgan fingerprint density at radius 2 is 1.75 bits per heavy atom. The van der Waals surface area contributed by atoms with Gasteiger partial charge in [-0.15, -0.1) is 11.8 Å². The highest BCUT2D eigenvalue weighted by Crippen LogP contribution is 2.25. The summed E-state index contributed by atoms with van der Waals surface area (Å²) >= 11 is 13.5. The van der Waals surface area contributed by atoms with Crippen LogP contribution in [0.5, 0.6) is 0 Å². The molecule has 0 spiro atoms. The fraction of sp³-hybridized carbons (Fsp3) is 0.364. The molecule has 10 heteroatoms. The number of non-ortho nitro benzene ring substituents is 1. The van der Waals surface area contributed by atoms with Gasteiger partial charge in [0.15, 0.2) is 0 Å². The summed E-state index contributed by atoms with van der Waals surface area (Å²) in [4.78, 5) is 37.6. The number of nitrogens with one attached hydrogen (secondary N) is 1. The van der Waals surface area contributed by atoms with Crippen LogP contribution in [0.2, 0.25) is 10.0 Å². The van der Waals surface area contributed by atoms with E-state index in [1.807, 2.05) is 13.8 Å². The Morgan fingerprint density at radius 3 is 2.31 bits per heavy atom. The number of rotatable bonds is 11. The highest BCUT2D eigenvalue weighted by Gasteiger charge is 2.28. The summed E-state index contributed by atoms with van der Waals surface area (Å²) in [5, 5.41) is 14.4. The van der Waals surface area contributed by atoms with Gasteiger partial charge < -0.3 is 10.2 Å². The minimum Gasteiger partial charge on any atom is -0.355 e. The van der Waals surface area contributed by atoms with Crippen molar-refractivity contribution in [1.29, 1.82) is 0 Å². The van der Waals surface area contributed by atoms with Gasteiger partial charge in [-0.25, -0.2) is 0 Å². The van der Waals surface area contributed by atoms with Crippen molar-refractivity contribution in [3.8, 4) is 0 Å². The molecule has 0 aromatic heterocycles. The van der Waals surface area contributed by atoms with Crippen LogP contribution in [0.4, 0.5) is 5.69 Å². The molecule has 2 aromatic carbocycles. The molecule has 172 valence electrons. The minimum atomic E-state index is -0.614. The first kappa shape index (κ1) is 26.0. The van der Waals surface area contributed by atoms with Crippen molar-refractivity contribution >= 4 is 52.5 Å². The molecule has 0 radical (unpaired) electrons. The molecule has 2 aromatic rings. The molecule has 2 rings (SSSR count). The number of hydrogen-bond acceptors (Lipinski definition) is 5. The maximum Gasteiger partial charge on any atom is 0.269 e. The largest absolute Gasteiger partial charge is 0.355 e. The Hall–Kier alpha value is -2.29. The molecule has 0 unspecified atom stereocenters. The molecule has 2 amide bonds. The van der Waals surface area contributed by atoms with Crippen LogP contribution in [0.25, 0.3) is 0 Å². The van der Waals surface area contributed by atoms with E-state index in [9.17, 15) is 19.7 Å². The summed E-state index contributed by atoms with van der Waals surface area (Å²) in [6.45, 7) is 4.39. The summed E-state index contributed by atoms with van der Waals surface area (Å²) in [6, 6.07) is 10.8. The third-order valence-corrected chi connectivity index (χ3v) is 6.44. The molecule has 0 bridgehead atoms. The lowest BCUT2D eigenvalue weighted by Gasteiger charge is -2.30. The molecule has 0 aliphatic heterocycles. The van der Waals surface area contributed by atoms with Gasteiger partial charge in [0, 0.05) is 31.0 Å². The van der Waals surface area contributed by atoms with Crippen LogP contribution < -0.4 is 5.32 Å². The van der Waals surface area contributed by atoms with Crippen molar-refractivity contribution in [2.75, 3.05) is 12.3 Å². The Balaban J connectivity index is 2.11. The van der Waals surface area contributed by atoms with Crippen molar-refractivity contribution < 1.29 is 14.5 Å². The molecule has 0 aliphatic rings. The Bertz CT molecular complexity index is 957. The maximum absolute atomic E-state index is 13.1. The summed E-state index contributed by atoms with van der Waals surface area (Å²) in [6.07, 6.45) is 0.464. The zero-order valence-corrected chi connectivity index (χ0v) is 20.2. The highest BCUT2D eigenvalue weighted by atomic mass is 35.5. The van der Waals surface area contributed by atoms with Crippen molar-refractivity contribution in [3.63, 3.8) is 0 Å². The lowest BCUT2D eigenvalue weighted by atomic mass is 10.1. The van der Waals surface area contributed by atoms with Crippen molar-refractivity contribution in [2.45, 2.75) is 38.6 Å². The quantitative estimate of drug-likeness (QED) is 0.345. The Morgan fingerprint density at radius 1 is 1.09 bits per heavy atom. The van der Waals surface area contributed by atoms with Crippen LogP contribution in [0.3, 0.4) is 0 Å². The molecular formula is C22H25Cl2N3O4S. The molecule has 32 heavy (non-hydrogen) atoms. The van der Waals surface area contributed by atoms with Gasteiger partial charge in [-0.1, -0.05) is 48.3 Å². The smallest absolute Gasteiger partial charge is 0.269 e. The molecule has 0 saturated heterocycles. The average Bonchev–Trinajstić information content (AvgIpc) is 2.76. The molecule has 1 N–H and O–H groups in total. The molecule has 0 saturated carbocycles. The topological polar surface area (TPSA) is 92.6 Å². The first-order valence-corrected chi connectivity index (χ1v) is 12.0. The van der Waals surface area contributed by atoms with E-state index >= 15 is 0 Å². The van der Waals surface area contributed by atoms with E-state index in [-0.39, 0.29) is 29.8 Å². The van der Waals surface area contributed by atoms with Crippen molar-refractivity contribution in [3.05, 3.63) is 73.8 Å². The Labute approximate surface area is 201 Å². The van der Waals surface area contributed by atoms with Crippen LogP contribution in [0, 0.1) is 10.1 Å². The number of nitrogens with zero attached hydrogens (tertiary/aromatic N) is 2. The average molecular weight is 498 g/mol. The van der Waals surface area contributed by atoms with Gasteiger partial charge in [-0.3, -0.25) is 19.7 Å². The van der Waals surface area contributed by atoms with E-state index in [1.165, 1.54) is 23.9 Å². The van der Waals surface area contributed by atoms with Crippen LogP contribution in [-0.2, 0) is 21.9 Å². The first-order valence-electron chi connectivity index (χ1n) is 10.1. The van der Waals surface area contributed by atoms with E-state index in [0.29, 0.717) is 28.8 Å². The number of carbonyl (C=O) groups excluding carboxylic acids is 2. The van der Waals surface area contributed by atoms with Crippen molar-refractivity contribution in [2.24, 2.45) is 0 Å². The number of nitro groups is 1. The van der Waals surface area contributed by atoms with Gasteiger partial charge in [-0.05, 0) is 36.6 Å². The normalized spacial score (nSPS) is 11.6. The van der Waals surface area contributed by atoms with E-state index in [1.54, 1.807) is 35.2 Å². The summed E-state index contributed by atoms with van der Waals surface area (Å²) in [5.74, 6) is 0.293.